The number of hydrogen-bond donors (Lipinski definition) is 0. The van der Waals surface area contributed by atoms with Gasteiger partial charge in [0.1, 0.15) is 0 Å². The van der Waals surface area contributed by atoms with Gasteiger partial charge >= 0.3 is 0 Å². The van der Waals surface area contributed by atoms with E-state index >= 15 is 0 Å². The van der Waals surface area contributed by atoms with Crippen LogP contribution in [0.5, 0.6) is 0 Å². The molecule has 0 N–H and O–H groups in total. The summed E-state index contributed by atoms with van der Waals surface area (Å²) >= 11 is 1.03. The Morgan fingerprint density at radius 1 is 1.47 bits per heavy atom. The average Bonchev–Trinajstić information content (AvgIpc) is 1.98. The van der Waals surface area contributed by atoms with E-state index in [1.165, 1.54) is 6.92 Å². The Morgan fingerprint density at radius 2 is 2.07 bits per heavy atom. The largest absolute Gasteiger partial charge is 0.875 e. The molecule has 0 unspecified atom stereocenters. The maximum absolute atomic E-state index is 11.7. The molecule has 0 spiro atoms. The van der Waals surface area contributed by atoms with Crippen molar-refractivity contribution < 1.29 is 14.7 Å². The van der Waals surface area contributed by atoms with Crippen molar-refractivity contribution in [3.8, 4) is 0 Å². The Balaban J connectivity index is 2.78. The van der Waals surface area contributed by atoms with Crippen molar-refractivity contribution in [2.45, 2.75) is 33.6 Å². The highest BCUT2D eigenvalue weighted by atomic mass is 32.2. The van der Waals surface area contributed by atoms with E-state index in [1.807, 2.05) is 13.8 Å². The van der Waals surface area contributed by atoms with Crippen molar-refractivity contribution in [1.29, 1.82) is 0 Å². The van der Waals surface area contributed by atoms with E-state index in [0.717, 1.165) is 11.8 Å². The van der Waals surface area contributed by atoms with Gasteiger partial charge in [-0.1, -0.05) is 25.6 Å². The van der Waals surface area contributed by atoms with E-state index < -0.39 is 0 Å². The molecule has 0 amide bonds. The van der Waals surface area contributed by atoms with Crippen LogP contribution in [0.3, 0.4) is 0 Å². The minimum atomic E-state index is -0.224. The van der Waals surface area contributed by atoms with Crippen molar-refractivity contribution in [2.24, 2.45) is 5.41 Å². The third-order valence-corrected chi connectivity index (χ3v) is 3.21. The molecular formula is C11H15O3S-. The molecule has 0 bridgehead atoms. The Hall–Kier alpha value is -0.770. The fraction of sp³-hybridized carbons (Fsp3) is 0.636. The second kappa shape index (κ2) is 4.39. The van der Waals surface area contributed by atoms with Gasteiger partial charge in [0.05, 0.1) is 0 Å². The number of rotatable bonds is 2. The number of carbonyl (C=O) groups is 2. The summed E-state index contributed by atoms with van der Waals surface area (Å²) < 4.78 is 0. The van der Waals surface area contributed by atoms with Crippen molar-refractivity contribution in [3.63, 3.8) is 0 Å². The Bertz CT molecular complexity index is 329. The number of Topliss-reactive ketones (excluding diaryl/α,β-unsaturated/α-hetero) is 1. The average molecular weight is 227 g/mol. The SMILES string of the molecule is CC(=O)SCC1=C([O-])CC(C)(C)CC1=O. The van der Waals surface area contributed by atoms with Crippen molar-refractivity contribution in [1.82, 2.24) is 0 Å². The smallest absolute Gasteiger partial charge is 0.186 e. The number of carbonyl (C=O) groups excluding carboxylic acids is 2. The quantitative estimate of drug-likeness (QED) is 0.713. The normalized spacial score (nSPS) is 20.6. The highest BCUT2D eigenvalue weighted by molar-refractivity contribution is 8.13. The Morgan fingerprint density at radius 3 is 2.53 bits per heavy atom. The maximum atomic E-state index is 11.7. The van der Waals surface area contributed by atoms with Crippen molar-refractivity contribution in [2.75, 3.05) is 5.75 Å². The van der Waals surface area contributed by atoms with Crippen molar-refractivity contribution in [3.05, 3.63) is 11.3 Å². The lowest BCUT2D eigenvalue weighted by molar-refractivity contribution is -0.312. The predicted octanol–water partition coefficient (Wildman–Crippen LogP) is 1.27. The third kappa shape index (κ3) is 3.38. The van der Waals surface area contributed by atoms with Gasteiger partial charge in [-0.2, -0.15) is 0 Å². The molecule has 0 heterocycles. The van der Waals surface area contributed by atoms with E-state index in [9.17, 15) is 14.7 Å². The summed E-state index contributed by atoms with van der Waals surface area (Å²) in [6, 6.07) is 0. The number of allylic oxidation sites excluding steroid dienone is 1. The third-order valence-electron chi connectivity index (χ3n) is 2.37. The van der Waals surface area contributed by atoms with E-state index in [-0.39, 0.29) is 27.8 Å². The molecule has 0 radical (unpaired) electrons. The molecule has 4 heteroatoms. The molecule has 84 valence electrons. The summed E-state index contributed by atoms with van der Waals surface area (Å²) in [6.07, 6.45) is 0.819. The van der Waals surface area contributed by atoms with E-state index in [0.29, 0.717) is 18.4 Å². The van der Waals surface area contributed by atoms with Gasteiger partial charge in [0, 0.05) is 19.1 Å². The van der Waals surface area contributed by atoms with E-state index in [4.69, 9.17) is 0 Å². The molecule has 15 heavy (non-hydrogen) atoms. The predicted molar refractivity (Wildman–Crippen MR) is 58.2 cm³/mol. The molecule has 1 rings (SSSR count). The fourth-order valence-corrected chi connectivity index (χ4v) is 2.31. The van der Waals surface area contributed by atoms with Crippen LogP contribution in [0, 0.1) is 5.41 Å². The first kappa shape index (κ1) is 12.3. The lowest BCUT2D eigenvalue weighted by Gasteiger charge is -2.34. The summed E-state index contributed by atoms with van der Waals surface area (Å²) in [5.41, 5.74) is 0.0907. The molecule has 1 aliphatic rings. The maximum Gasteiger partial charge on any atom is 0.186 e. The Labute approximate surface area is 93.9 Å². The van der Waals surface area contributed by atoms with Crippen LogP contribution in [0.1, 0.15) is 33.6 Å². The summed E-state index contributed by atoms with van der Waals surface area (Å²) in [4.78, 5) is 22.4. The molecule has 0 aromatic rings. The zero-order chi connectivity index (χ0) is 11.6. The standard InChI is InChI=1S/C11H16O3S/c1-7(12)15-6-8-9(13)4-11(2,3)5-10(8)14/h13H,4-6H2,1-3H3/p-1. The Kier molecular flexibility index (Phi) is 3.60. The van der Waals surface area contributed by atoms with Crippen LogP contribution < -0.4 is 5.11 Å². The second-order valence-corrected chi connectivity index (χ2v) is 5.78. The van der Waals surface area contributed by atoms with Crippen LogP contribution in [0.25, 0.3) is 0 Å². The van der Waals surface area contributed by atoms with Gasteiger partial charge in [0.15, 0.2) is 10.9 Å². The molecule has 0 fully saturated rings. The van der Waals surface area contributed by atoms with E-state index in [2.05, 4.69) is 0 Å². The fourth-order valence-electron chi connectivity index (χ4n) is 1.64. The molecule has 0 aromatic heterocycles. The molecule has 0 saturated heterocycles. The first-order chi connectivity index (χ1) is 6.82. The lowest BCUT2D eigenvalue weighted by atomic mass is 9.77. The topological polar surface area (TPSA) is 57.2 Å². The molecule has 0 saturated carbocycles. The van der Waals surface area contributed by atoms with Crippen LogP contribution in [0.2, 0.25) is 0 Å². The first-order valence-electron chi connectivity index (χ1n) is 4.87. The lowest BCUT2D eigenvalue weighted by Crippen LogP contribution is -2.31. The van der Waals surface area contributed by atoms with Gasteiger partial charge in [-0.3, -0.25) is 9.59 Å². The van der Waals surface area contributed by atoms with E-state index in [1.54, 1.807) is 0 Å². The first-order valence-corrected chi connectivity index (χ1v) is 5.86. The summed E-state index contributed by atoms with van der Waals surface area (Å²) in [6.45, 7) is 5.27. The van der Waals surface area contributed by atoms with Gasteiger partial charge in [-0.05, 0) is 17.4 Å². The summed E-state index contributed by atoms with van der Waals surface area (Å²) in [7, 11) is 0. The van der Waals surface area contributed by atoms with Gasteiger partial charge in [-0.15, -0.1) is 5.76 Å². The van der Waals surface area contributed by atoms with Gasteiger partial charge in [0.25, 0.3) is 0 Å². The zero-order valence-corrected chi connectivity index (χ0v) is 10.1. The molecule has 0 atom stereocenters. The van der Waals surface area contributed by atoms with Gasteiger partial charge < -0.3 is 5.11 Å². The van der Waals surface area contributed by atoms with Crippen LogP contribution >= 0.6 is 11.8 Å². The molecular weight excluding hydrogens is 212 g/mol. The summed E-state index contributed by atoms with van der Waals surface area (Å²) in [5, 5.41) is 11.6. The number of thioether (sulfide) groups is 1. The molecule has 3 nitrogen and oxygen atoms in total. The molecule has 0 aliphatic heterocycles. The molecule has 0 aromatic carbocycles. The van der Waals surface area contributed by atoms with Crippen molar-refractivity contribution >= 4 is 22.7 Å². The van der Waals surface area contributed by atoms with Crippen LogP contribution in [0.15, 0.2) is 11.3 Å². The number of ketones is 1. The minimum Gasteiger partial charge on any atom is -0.875 e. The van der Waals surface area contributed by atoms with Gasteiger partial charge in [0.2, 0.25) is 0 Å². The van der Waals surface area contributed by atoms with Gasteiger partial charge in [-0.25, -0.2) is 0 Å². The van der Waals surface area contributed by atoms with Crippen LogP contribution in [-0.2, 0) is 9.59 Å². The monoisotopic (exact) mass is 227 g/mol. The van der Waals surface area contributed by atoms with Crippen LogP contribution in [-0.4, -0.2) is 16.7 Å². The highest BCUT2D eigenvalue weighted by Crippen LogP contribution is 2.35. The number of hydrogen-bond acceptors (Lipinski definition) is 4. The zero-order valence-electron chi connectivity index (χ0n) is 9.25. The minimum absolute atomic E-state index is 0.0621. The summed E-state index contributed by atoms with van der Waals surface area (Å²) in [5.74, 6) is 0.0540. The van der Waals surface area contributed by atoms with Crippen LogP contribution in [0.4, 0.5) is 0 Å². The second-order valence-electron chi connectivity index (χ2n) is 4.62. The highest BCUT2D eigenvalue weighted by Gasteiger charge is 2.29. The molecule has 1 aliphatic carbocycles.